The third-order valence-corrected chi connectivity index (χ3v) is 4.65. The van der Waals surface area contributed by atoms with E-state index >= 15 is 0 Å². The van der Waals surface area contributed by atoms with Gasteiger partial charge in [-0.1, -0.05) is 72.9 Å². The fraction of sp³-hybridized carbons (Fsp3) is 0. The monoisotopic (exact) mass is 388 g/mol. The van der Waals surface area contributed by atoms with Gasteiger partial charge in [-0.25, -0.2) is 9.66 Å². The topological polar surface area (TPSA) is 41.9 Å². The van der Waals surface area contributed by atoms with Crippen molar-refractivity contribution < 1.29 is 0 Å². The fourth-order valence-corrected chi connectivity index (χ4v) is 3.31. The molecule has 0 aliphatic rings. The van der Waals surface area contributed by atoms with E-state index in [0.29, 0.717) is 15.6 Å². The van der Waals surface area contributed by atoms with Gasteiger partial charge in [0, 0.05) is 16.6 Å². The van der Waals surface area contributed by atoms with Gasteiger partial charge in [-0.3, -0.25) is 5.43 Å². The first-order chi connectivity index (χ1) is 13.2. The maximum atomic E-state index is 5.74. The minimum absolute atomic E-state index is 0.437. The number of benzene rings is 3. The Morgan fingerprint density at radius 3 is 2.19 bits per heavy atom. The molecule has 0 atom stereocenters. The van der Waals surface area contributed by atoms with Gasteiger partial charge in [0.05, 0.1) is 5.52 Å². The minimum Gasteiger partial charge on any atom is -0.331 e. The minimum atomic E-state index is 0.437. The molecule has 132 valence electrons. The predicted octanol–water partition coefficient (Wildman–Crippen LogP) is 5.37. The molecule has 0 bridgehead atoms. The normalized spacial score (nSPS) is 10.5. The Morgan fingerprint density at radius 1 is 0.815 bits per heavy atom. The number of thiocarbonyl (C=S) groups is 1. The first-order valence-electron chi connectivity index (χ1n) is 8.42. The number of anilines is 1. The average Bonchev–Trinajstić information content (AvgIpc) is 2.71. The maximum absolute atomic E-state index is 5.74. The lowest BCUT2D eigenvalue weighted by molar-refractivity contribution is 0.935. The Bertz CT molecular complexity index is 1160. The number of nitrogens with one attached hydrogen (secondary N) is 2. The zero-order valence-electron chi connectivity index (χ0n) is 14.3. The number of aromatic nitrogens is 2. The number of rotatable bonds is 3. The molecule has 0 aliphatic carbocycles. The highest BCUT2D eigenvalue weighted by atomic mass is 32.1. The van der Waals surface area contributed by atoms with E-state index in [4.69, 9.17) is 29.4 Å². The van der Waals surface area contributed by atoms with Gasteiger partial charge in [-0.15, -0.1) is 0 Å². The van der Waals surface area contributed by atoms with Gasteiger partial charge in [-0.2, -0.15) is 0 Å². The highest BCUT2D eigenvalue weighted by Gasteiger charge is 2.11. The van der Waals surface area contributed by atoms with Crippen molar-refractivity contribution in [2.45, 2.75) is 0 Å². The third-order valence-electron chi connectivity index (χ3n) is 4.05. The van der Waals surface area contributed by atoms with E-state index in [-0.39, 0.29) is 0 Å². The molecule has 0 saturated heterocycles. The second-order valence-corrected chi connectivity index (χ2v) is 6.69. The third kappa shape index (κ3) is 3.72. The highest BCUT2D eigenvalue weighted by molar-refractivity contribution is 7.80. The molecule has 0 unspecified atom stereocenters. The average molecular weight is 389 g/mol. The Labute approximate surface area is 167 Å². The van der Waals surface area contributed by atoms with Crippen LogP contribution in [0.25, 0.3) is 22.3 Å². The first kappa shape index (κ1) is 17.3. The molecule has 4 rings (SSSR count). The van der Waals surface area contributed by atoms with Crippen molar-refractivity contribution in [2.75, 3.05) is 10.7 Å². The molecule has 1 heterocycles. The summed E-state index contributed by atoms with van der Waals surface area (Å²) in [4.78, 5) is 4.81. The molecule has 4 nitrogen and oxygen atoms in total. The first-order valence-corrected chi connectivity index (χ1v) is 9.24. The van der Waals surface area contributed by atoms with Crippen LogP contribution in [0.2, 0.25) is 0 Å². The van der Waals surface area contributed by atoms with E-state index in [1.54, 1.807) is 4.68 Å². The number of nitrogens with zero attached hydrogens (tertiary/aromatic N) is 2. The van der Waals surface area contributed by atoms with Gasteiger partial charge in [0.25, 0.3) is 0 Å². The molecule has 0 radical (unpaired) electrons. The number of hydrogen-bond acceptors (Lipinski definition) is 3. The summed E-state index contributed by atoms with van der Waals surface area (Å²) in [6, 6.07) is 27.5. The van der Waals surface area contributed by atoms with Crippen LogP contribution in [-0.4, -0.2) is 14.8 Å². The summed E-state index contributed by atoms with van der Waals surface area (Å²) < 4.78 is 2.38. The maximum Gasteiger partial charge on any atom is 0.190 e. The summed E-state index contributed by atoms with van der Waals surface area (Å²) >= 11 is 11.2. The van der Waals surface area contributed by atoms with Crippen molar-refractivity contribution >= 4 is 46.1 Å². The van der Waals surface area contributed by atoms with Gasteiger partial charge >= 0.3 is 0 Å². The molecule has 0 spiro atoms. The number of hydrogen-bond donors (Lipinski definition) is 2. The van der Waals surface area contributed by atoms with Crippen molar-refractivity contribution in [1.29, 1.82) is 0 Å². The van der Waals surface area contributed by atoms with Crippen LogP contribution < -0.4 is 10.7 Å². The van der Waals surface area contributed by atoms with Crippen LogP contribution >= 0.6 is 24.4 Å². The predicted molar refractivity (Wildman–Crippen MR) is 118 cm³/mol. The summed E-state index contributed by atoms with van der Waals surface area (Å²) in [5, 5.41) is 4.50. The van der Waals surface area contributed by atoms with E-state index in [9.17, 15) is 0 Å². The van der Waals surface area contributed by atoms with Gasteiger partial charge in [0.1, 0.15) is 4.64 Å². The Balaban J connectivity index is 1.79. The fourth-order valence-electron chi connectivity index (χ4n) is 2.80. The van der Waals surface area contributed by atoms with Crippen LogP contribution in [0, 0.1) is 4.64 Å². The molecule has 4 aromatic rings. The van der Waals surface area contributed by atoms with Gasteiger partial charge < -0.3 is 5.32 Å². The summed E-state index contributed by atoms with van der Waals surface area (Å²) in [6.07, 6.45) is 0. The van der Waals surface area contributed by atoms with Gasteiger partial charge in [0.2, 0.25) is 0 Å². The quantitative estimate of drug-likeness (QED) is 0.462. The van der Waals surface area contributed by atoms with Crippen LogP contribution in [0.1, 0.15) is 0 Å². The SMILES string of the molecule is S=C(Nc1ccccc1)Nn1c(-c2ccccc2)nc2ccccc2c1=S. The van der Waals surface area contributed by atoms with E-state index in [0.717, 1.165) is 22.2 Å². The van der Waals surface area contributed by atoms with Crippen molar-refractivity contribution in [3.8, 4) is 11.4 Å². The van der Waals surface area contributed by atoms with Gasteiger partial charge in [0.15, 0.2) is 10.9 Å². The molecular weight excluding hydrogens is 372 g/mol. The van der Waals surface area contributed by atoms with Crippen molar-refractivity contribution in [2.24, 2.45) is 0 Å². The van der Waals surface area contributed by atoms with E-state index in [2.05, 4.69) is 10.7 Å². The van der Waals surface area contributed by atoms with Crippen molar-refractivity contribution in [1.82, 2.24) is 9.66 Å². The van der Waals surface area contributed by atoms with E-state index < -0.39 is 0 Å². The smallest absolute Gasteiger partial charge is 0.190 e. The summed E-state index contributed by atoms with van der Waals surface area (Å²) in [7, 11) is 0. The summed E-state index contributed by atoms with van der Waals surface area (Å²) in [5.74, 6) is 0.705. The molecule has 0 aliphatic heterocycles. The standard InChI is InChI=1S/C21H16N4S2/c26-20-17-13-7-8-14-18(17)23-19(15-9-3-1-4-10-15)25(20)24-21(27)22-16-11-5-2-6-12-16/h1-14H,(H2,22,24,27). The second-order valence-electron chi connectivity index (χ2n) is 5.89. The summed E-state index contributed by atoms with van der Waals surface area (Å²) in [5.41, 5.74) is 5.88. The molecule has 0 amide bonds. The van der Waals surface area contributed by atoms with Crippen LogP contribution in [0.3, 0.4) is 0 Å². The molecule has 1 aromatic heterocycles. The molecule has 3 aromatic carbocycles. The highest BCUT2D eigenvalue weighted by Crippen LogP contribution is 2.22. The van der Waals surface area contributed by atoms with Crippen LogP contribution in [0.4, 0.5) is 5.69 Å². The number of fused-ring (bicyclic) bond motifs is 1. The summed E-state index contributed by atoms with van der Waals surface area (Å²) in [6.45, 7) is 0. The lowest BCUT2D eigenvalue weighted by Gasteiger charge is -2.18. The lowest BCUT2D eigenvalue weighted by atomic mass is 10.2. The van der Waals surface area contributed by atoms with Crippen molar-refractivity contribution in [3.63, 3.8) is 0 Å². The van der Waals surface area contributed by atoms with Crippen LogP contribution in [0.15, 0.2) is 84.9 Å². The largest absolute Gasteiger partial charge is 0.331 e. The van der Waals surface area contributed by atoms with Crippen LogP contribution in [0.5, 0.6) is 0 Å². The molecule has 0 fully saturated rings. The zero-order valence-corrected chi connectivity index (χ0v) is 15.9. The Hall–Kier alpha value is -3.09. The molecule has 0 saturated carbocycles. The lowest BCUT2D eigenvalue weighted by Crippen LogP contribution is -2.29. The number of para-hydroxylation sites is 2. The van der Waals surface area contributed by atoms with E-state index in [1.807, 2.05) is 84.9 Å². The molecular formula is C21H16N4S2. The molecule has 2 N–H and O–H groups in total. The Kier molecular flexibility index (Phi) is 4.91. The second kappa shape index (κ2) is 7.65. The van der Waals surface area contributed by atoms with Gasteiger partial charge in [-0.05, 0) is 36.5 Å². The van der Waals surface area contributed by atoms with E-state index in [1.165, 1.54) is 0 Å². The van der Waals surface area contributed by atoms with Crippen LogP contribution in [-0.2, 0) is 0 Å². The molecule has 6 heteroatoms. The zero-order chi connectivity index (χ0) is 18.6. The van der Waals surface area contributed by atoms with Crippen molar-refractivity contribution in [3.05, 3.63) is 89.6 Å². The Morgan fingerprint density at radius 2 is 1.44 bits per heavy atom. The molecule has 27 heavy (non-hydrogen) atoms.